The molecule has 176 valence electrons. The van der Waals surface area contributed by atoms with Crippen molar-refractivity contribution in [3.05, 3.63) is 58.5 Å². The molecule has 0 aliphatic carbocycles. The fraction of sp³-hybridized carbons (Fsp3) is 0.423. The lowest BCUT2D eigenvalue weighted by molar-refractivity contribution is 0.100. The number of piperidine rings is 1. The molecule has 2 aliphatic rings. The van der Waals surface area contributed by atoms with Crippen LogP contribution < -0.4 is 10.5 Å². The molecule has 0 unspecified atom stereocenters. The van der Waals surface area contributed by atoms with Gasteiger partial charge in [-0.15, -0.1) is 0 Å². The number of aliphatic hydroxyl groups excluding tert-OH is 1. The summed E-state index contributed by atoms with van der Waals surface area (Å²) in [6.07, 6.45) is 6.17. The molecule has 2 atom stereocenters. The quantitative estimate of drug-likeness (QED) is 0.470. The molecule has 2 saturated heterocycles. The smallest absolute Gasteiger partial charge is 0.345 e. The molecular weight excluding hydrogens is 430 g/mol. The molecule has 0 amide bonds. The van der Waals surface area contributed by atoms with Gasteiger partial charge in [-0.25, -0.2) is 9.78 Å². The van der Waals surface area contributed by atoms with Crippen LogP contribution in [0.2, 0.25) is 0 Å². The number of fused-ring (bicyclic) bond motifs is 3. The van der Waals surface area contributed by atoms with E-state index >= 15 is 0 Å². The average Bonchev–Trinajstić information content (AvgIpc) is 3.43. The molecule has 5 heterocycles. The van der Waals surface area contributed by atoms with Crippen LogP contribution in [0.1, 0.15) is 24.2 Å². The van der Waals surface area contributed by atoms with Gasteiger partial charge < -0.3 is 18.8 Å². The Labute approximate surface area is 197 Å². The topological polar surface area (TPSA) is 87.1 Å². The molecule has 4 aromatic rings. The fourth-order valence-electron chi connectivity index (χ4n) is 5.80. The van der Waals surface area contributed by atoms with Crippen LogP contribution in [0, 0.1) is 19.8 Å². The largest absolute Gasteiger partial charge is 0.422 e. The van der Waals surface area contributed by atoms with E-state index in [0.29, 0.717) is 28.8 Å². The SMILES string of the molecule is Cc1cn2cc(-c3cc4ccc(N5C[C@@H]6CCCN(CCO)[C@@H]6C5)cc4oc3=O)nc2c(C)n1. The van der Waals surface area contributed by atoms with Crippen molar-refractivity contribution in [2.75, 3.05) is 37.7 Å². The first-order valence-corrected chi connectivity index (χ1v) is 12.0. The lowest BCUT2D eigenvalue weighted by Crippen LogP contribution is -2.46. The molecule has 3 aromatic heterocycles. The summed E-state index contributed by atoms with van der Waals surface area (Å²) in [7, 11) is 0. The number of hydrogen-bond acceptors (Lipinski definition) is 7. The van der Waals surface area contributed by atoms with Crippen molar-refractivity contribution in [2.45, 2.75) is 32.7 Å². The monoisotopic (exact) mass is 459 g/mol. The third kappa shape index (κ3) is 3.58. The first kappa shape index (κ1) is 21.3. The van der Waals surface area contributed by atoms with Gasteiger partial charge in [-0.1, -0.05) is 0 Å². The summed E-state index contributed by atoms with van der Waals surface area (Å²) < 4.78 is 7.69. The number of aryl methyl sites for hydroxylation is 2. The standard InChI is InChI=1S/C26H29N5O3/c1-16-12-31-14-22(28-25(31)17(2)27-16)21-10-18-5-6-20(11-24(18)34-26(21)33)30-13-19-4-3-7-29(8-9-32)23(19)15-30/h5-6,10-12,14,19,23,32H,3-4,7-9,13,15H2,1-2H3/t19-,23+/m0/s1. The van der Waals surface area contributed by atoms with E-state index in [2.05, 4.69) is 25.8 Å². The second kappa shape index (κ2) is 8.21. The Hall–Kier alpha value is -3.23. The highest BCUT2D eigenvalue weighted by molar-refractivity contribution is 5.84. The minimum atomic E-state index is -0.389. The summed E-state index contributed by atoms with van der Waals surface area (Å²) in [5, 5.41) is 10.3. The summed E-state index contributed by atoms with van der Waals surface area (Å²) in [5.41, 5.74) is 4.77. The van der Waals surface area contributed by atoms with Gasteiger partial charge in [-0.05, 0) is 57.4 Å². The van der Waals surface area contributed by atoms with Crippen molar-refractivity contribution in [3.8, 4) is 11.3 Å². The van der Waals surface area contributed by atoms with Gasteiger partial charge in [0.1, 0.15) is 5.58 Å². The van der Waals surface area contributed by atoms with Gasteiger partial charge in [0.05, 0.1) is 29.3 Å². The number of aromatic nitrogens is 3. The molecule has 6 rings (SSSR count). The molecule has 1 aromatic carbocycles. The maximum absolute atomic E-state index is 12.9. The molecule has 8 nitrogen and oxygen atoms in total. The fourth-order valence-corrected chi connectivity index (χ4v) is 5.80. The molecule has 0 saturated carbocycles. The Morgan fingerprint density at radius 1 is 1.15 bits per heavy atom. The number of aliphatic hydroxyl groups is 1. The van der Waals surface area contributed by atoms with Gasteiger partial charge >= 0.3 is 5.63 Å². The van der Waals surface area contributed by atoms with E-state index in [4.69, 9.17) is 4.42 Å². The summed E-state index contributed by atoms with van der Waals surface area (Å²) in [6.45, 7) is 7.79. The van der Waals surface area contributed by atoms with Crippen LogP contribution in [0.25, 0.3) is 27.9 Å². The maximum atomic E-state index is 12.9. The number of likely N-dealkylation sites (tertiary alicyclic amines) is 1. The highest BCUT2D eigenvalue weighted by atomic mass is 16.4. The van der Waals surface area contributed by atoms with Crippen LogP contribution in [0.15, 0.2) is 45.9 Å². The van der Waals surface area contributed by atoms with Crippen molar-refractivity contribution in [1.29, 1.82) is 0 Å². The van der Waals surface area contributed by atoms with Gasteiger partial charge in [0.25, 0.3) is 0 Å². The lowest BCUT2D eigenvalue weighted by atomic mass is 9.92. The van der Waals surface area contributed by atoms with Crippen LogP contribution in [0.4, 0.5) is 5.69 Å². The van der Waals surface area contributed by atoms with Crippen LogP contribution >= 0.6 is 0 Å². The Kier molecular flexibility index (Phi) is 5.15. The van der Waals surface area contributed by atoms with Crippen molar-refractivity contribution in [2.24, 2.45) is 5.92 Å². The first-order valence-electron chi connectivity index (χ1n) is 12.0. The Balaban J connectivity index is 1.32. The number of hydrogen-bond donors (Lipinski definition) is 1. The second-order valence-corrected chi connectivity index (χ2v) is 9.63. The average molecular weight is 460 g/mol. The number of benzene rings is 1. The molecular formula is C26H29N5O3. The number of anilines is 1. The Morgan fingerprint density at radius 3 is 2.88 bits per heavy atom. The van der Waals surface area contributed by atoms with Gasteiger partial charge in [-0.2, -0.15) is 0 Å². The normalized spacial score (nSPS) is 21.0. The van der Waals surface area contributed by atoms with E-state index in [1.165, 1.54) is 12.8 Å². The zero-order chi connectivity index (χ0) is 23.4. The molecule has 0 bridgehead atoms. The van der Waals surface area contributed by atoms with Crippen molar-refractivity contribution in [3.63, 3.8) is 0 Å². The second-order valence-electron chi connectivity index (χ2n) is 9.63. The lowest BCUT2D eigenvalue weighted by Gasteiger charge is -2.36. The molecule has 2 fully saturated rings. The first-order chi connectivity index (χ1) is 16.5. The highest BCUT2D eigenvalue weighted by Gasteiger charge is 2.38. The zero-order valence-electron chi connectivity index (χ0n) is 19.6. The molecule has 34 heavy (non-hydrogen) atoms. The summed E-state index contributed by atoms with van der Waals surface area (Å²) >= 11 is 0. The Bertz CT molecular complexity index is 1440. The van der Waals surface area contributed by atoms with Crippen LogP contribution in [0.5, 0.6) is 0 Å². The third-order valence-corrected chi connectivity index (χ3v) is 7.37. The van der Waals surface area contributed by atoms with E-state index in [1.54, 1.807) is 0 Å². The van der Waals surface area contributed by atoms with Gasteiger partial charge in [0, 0.05) is 55.2 Å². The van der Waals surface area contributed by atoms with Crippen LogP contribution in [-0.2, 0) is 0 Å². The summed E-state index contributed by atoms with van der Waals surface area (Å²) in [4.78, 5) is 26.9. The van der Waals surface area contributed by atoms with Gasteiger partial charge in [0.15, 0.2) is 5.65 Å². The van der Waals surface area contributed by atoms with E-state index in [0.717, 1.165) is 54.3 Å². The molecule has 8 heteroatoms. The van der Waals surface area contributed by atoms with E-state index in [1.807, 2.05) is 48.8 Å². The van der Waals surface area contributed by atoms with E-state index in [9.17, 15) is 9.90 Å². The van der Waals surface area contributed by atoms with E-state index < -0.39 is 0 Å². The predicted molar refractivity (Wildman–Crippen MR) is 131 cm³/mol. The molecule has 0 radical (unpaired) electrons. The van der Waals surface area contributed by atoms with Crippen LogP contribution in [-0.4, -0.2) is 63.2 Å². The summed E-state index contributed by atoms with van der Waals surface area (Å²) in [5.74, 6) is 0.613. The molecule has 0 spiro atoms. The minimum absolute atomic E-state index is 0.203. The zero-order valence-corrected chi connectivity index (χ0v) is 19.6. The predicted octanol–water partition coefficient (Wildman–Crippen LogP) is 3.01. The van der Waals surface area contributed by atoms with Crippen molar-refractivity contribution in [1.82, 2.24) is 19.3 Å². The van der Waals surface area contributed by atoms with Gasteiger partial charge in [-0.3, -0.25) is 9.88 Å². The number of nitrogens with zero attached hydrogens (tertiary/aromatic N) is 5. The number of imidazole rings is 1. The molecule has 1 N–H and O–H groups in total. The highest BCUT2D eigenvalue weighted by Crippen LogP contribution is 2.34. The van der Waals surface area contributed by atoms with Crippen molar-refractivity contribution >= 4 is 22.3 Å². The minimum Gasteiger partial charge on any atom is -0.422 e. The number of β-amino-alcohol motifs (C(OH)–C–C–N with tert-alkyl or cyclic N) is 1. The van der Waals surface area contributed by atoms with Gasteiger partial charge in [0.2, 0.25) is 0 Å². The molecule has 2 aliphatic heterocycles. The Morgan fingerprint density at radius 2 is 2.03 bits per heavy atom. The summed E-state index contributed by atoms with van der Waals surface area (Å²) in [6, 6.07) is 8.46. The number of rotatable bonds is 4. The third-order valence-electron chi connectivity index (χ3n) is 7.37. The van der Waals surface area contributed by atoms with E-state index in [-0.39, 0.29) is 12.2 Å². The van der Waals surface area contributed by atoms with Crippen molar-refractivity contribution < 1.29 is 9.52 Å². The van der Waals surface area contributed by atoms with Crippen LogP contribution in [0.3, 0.4) is 0 Å². The maximum Gasteiger partial charge on any atom is 0.345 e.